The second kappa shape index (κ2) is 5.90. The van der Waals surface area contributed by atoms with Crippen molar-refractivity contribution in [2.45, 2.75) is 6.92 Å². The maximum absolute atomic E-state index is 12.2. The quantitative estimate of drug-likeness (QED) is 0.731. The van der Waals surface area contributed by atoms with E-state index in [9.17, 15) is 9.59 Å². The van der Waals surface area contributed by atoms with E-state index in [2.05, 4.69) is 0 Å². The van der Waals surface area contributed by atoms with E-state index in [-0.39, 0.29) is 12.1 Å². The van der Waals surface area contributed by atoms with Crippen molar-refractivity contribution in [1.29, 1.82) is 0 Å². The summed E-state index contributed by atoms with van der Waals surface area (Å²) in [6, 6.07) is 4.96. The molecule has 0 aromatic heterocycles. The summed E-state index contributed by atoms with van der Waals surface area (Å²) in [7, 11) is 1.48. The largest absolute Gasteiger partial charge is 0.493 e. The van der Waals surface area contributed by atoms with Crippen molar-refractivity contribution in [3.63, 3.8) is 0 Å². The zero-order valence-electron chi connectivity index (χ0n) is 10.5. The molecule has 0 aliphatic carbocycles. The standard InChI is InChI=1S/C12H17N3O3/c1-3-18-9-6-4-5-8(13)11(9)12(17)15(2)7-10(14)16/h4-6H,3,7,13H2,1-2H3,(H2,14,16). The third kappa shape index (κ3) is 3.13. The number of anilines is 1. The monoisotopic (exact) mass is 251 g/mol. The molecule has 0 saturated carbocycles. The zero-order valence-corrected chi connectivity index (χ0v) is 10.5. The van der Waals surface area contributed by atoms with E-state index in [1.165, 1.54) is 11.9 Å². The van der Waals surface area contributed by atoms with Gasteiger partial charge in [0.2, 0.25) is 5.91 Å². The van der Waals surface area contributed by atoms with Crippen molar-refractivity contribution in [1.82, 2.24) is 4.90 Å². The maximum Gasteiger partial charge on any atom is 0.259 e. The zero-order chi connectivity index (χ0) is 13.7. The fourth-order valence-corrected chi connectivity index (χ4v) is 1.55. The average Bonchev–Trinajstić information content (AvgIpc) is 2.28. The molecule has 0 spiro atoms. The van der Waals surface area contributed by atoms with E-state index in [1.807, 2.05) is 6.92 Å². The van der Waals surface area contributed by atoms with Crippen LogP contribution < -0.4 is 16.2 Å². The predicted octanol–water partition coefficient (Wildman–Crippen LogP) is 0.225. The Kier molecular flexibility index (Phi) is 4.53. The van der Waals surface area contributed by atoms with Gasteiger partial charge in [0.15, 0.2) is 0 Å². The van der Waals surface area contributed by atoms with Crippen LogP contribution in [0.4, 0.5) is 5.69 Å². The van der Waals surface area contributed by atoms with Crippen LogP contribution in [0.1, 0.15) is 17.3 Å². The van der Waals surface area contributed by atoms with Crippen LogP contribution in [0.2, 0.25) is 0 Å². The van der Waals surface area contributed by atoms with Crippen molar-refractivity contribution in [3.05, 3.63) is 23.8 Å². The molecule has 0 aliphatic rings. The highest BCUT2D eigenvalue weighted by molar-refractivity contribution is 6.02. The van der Waals surface area contributed by atoms with Gasteiger partial charge in [-0.1, -0.05) is 6.07 Å². The molecule has 4 N–H and O–H groups in total. The van der Waals surface area contributed by atoms with Gasteiger partial charge in [0, 0.05) is 12.7 Å². The molecule has 1 aromatic carbocycles. The van der Waals surface area contributed by atoms with Gasteiger partial charge < -0.3 is 21.1 Å². The first kappa shape index (κ1) is 13.8. The number of nitrogen functional groups attached to an aromatic ring is 1. The molecule has 1 rings (SSSR count). The van der Waals surface area contributed by atoms with Gasteiger partial charge >= 0.3 is 0 Å². The highest BCUT2D eigenvalue weighted by Crippen LogP contribution is 2.25. The van der Waals surface area contributed by atoms with Gasteiger partial charge in [-0.05, 0) is 19.1 Å². The summed E-state index contributed by atoms with van der Waals surface area (Å²) in [5.74, 6) is -0.576. The van der Waals surface area contributed by atoms with Crippen LogP contribution >= 0.6 is 0 Å². The lowest BCUT2D eigenvalue weighted by Crippen LogP contribution is -2.35. The lowest BCUT2D eigenvalue weighted by molar-refractivity contribution is -0.118. The molecule has 0 atom stereocenters. The van der Waals surface area contributed by atoms with E-state index < -0.39 is 11.8 Å². The number of carbonyl (C=O) groups is 2. The van der Waals surface area contributed by atoms with E-state index in [0.717, 1.165) is 0 Å². The number of benzene rings is 1. The van der Waals surface area contributed by atoms with Crippen molar-refractivity contribution in [3.8, 4) is 5.75 Å². The van der Waals surface area contributed by atoms with Crippen LogP contribution in [-0.4, -0.2) is 36.9 Å². The topological polar surface area (TPSA) is 98.7 Å². The molecule has 6 nitrogen and oxygen atoms in total. The van der Waals surface area contributed by atoms with Crippen molar-refractivity contribution in [2.24, 2.45) is 5.73 Å². The molecule has 0 aliphatic heterocycles. The van der Waals surface area contributed by atoms with Gasteiger partial charge in [-0.2, -0.15) is 0 Å². The van der Waals surface area contributed by atoms with E-state index >= 15 is 0 Å². The molecule has 0 bridgehead atoms. The molecule has 6 heteroatoms. The Hall–Kier alpha value is -2.24. The van der Waals surface area contributed by atoms with Gasteiger partial charge in [-0.15, -0.1) is 0 Å². The molecule has 2 amide bonds. The van der Waals surface area contributed by atoms with E-state index in [0.29, 0.717) is 18.0 Å². The van der Waals surface area contributed by atoms with Crippen LogP contribution in [-0.2, 0) is 4.79 Å². The Labute approximate surface area is 105 Å². The van der Waals surface area contributed by atoms with Crippen LogP contribution in [0.25, 0.3) is 0 Å². The highest BCUT2D eigenvalue weighted by atomic mass is 16.5. The summed E-state index contributed by atoms with van der Waals surface area (Å²) in [5.41, 5.74) is 11.4. The number of amides is 2. The summed E-state index contributed by atoms with van der Waals surface area (Å²) in [4.78, 5) is 24.2. The summed E-state index contributed by atoms with van der Waals surface area (Å²) in [6.07, 6.45) is 0. The van der Waals surface area contributed by atoms with Crippen molar-refractivity contribution >= 4 is 17.5 Å². The summed E-state index contributed by atoms with van der Waals surface area (Å²) in [6.45, 7) is 2.06. The number of nitrogens with zero attached hydrogens (tertiary/aromatic N) is 1. The Balaban J connectivity index is 3.07. The second-order valence-electron chi connectivity index (χ2n) is 3.78. The third-order valence-corrected chi connectivity index (χ3v) is 2.31. The minimum absolute atomic E-state index is 0.168. The number of carbonyl (C=O) groups excluding carboxylic acids is 2. The molecule has 0 heterocycles. The normalized spacial score (nSPS) is 9.89. The molecule has 1 aromatic rings. The third-order valence-electron chi connectivity index (χ3n) is 2.31. The Morgan fingerprint density at radius 3 is 2.61 bits per heavy atom. The van der Waals surface area contributed by atoms with Crippen molar-refractivity contribution in [2.75, 3.05) is 25.9 Å². The smallest absolute Gasteiger partial charge is 0.259 e. The minimum atomic E-state index is -0.585. The number of ether oxygens (including phenoxy) is 1. The van der Waals surface area contributed by atoms with Crippen LogP contribution in [0.5, 0.6) is 5.75 Å². The first-order valence-electron chi connectivity index (χ1n) is 5.52. The fourth-order valence-electron chi connectivity index (χ4n) is 1.55. The number of rotatable bonds is 5. The molecule has 98 valence electrons. The van der Waals surface area contributed by atoms with Crippen LogP contribution in [0.3, 0.4) is 0 Å². The Morgan fingerprint density at radius 2 is 2.06 bits per heavy atom. The molecule has 0 saturated heterocycles. The molecular formula is C12H17N3O3. The molecule has 18 heavy (non-hydrogen) atoms. The fraction of sp³-hybridized carbons (Fsp3) is 0.333. The van der Waals surface area contributed by atoms with Gasteiger partial charge in [-0.3, -0.25) is 9.59 Å². The highest BCUT2D eigenvalue weighted by Gasteiger charge is 2.20. The van der Waals surface area contributed by atoms with E-state index in [1.54, 1.807) is 18.2 Å². The summed E-state index contributed by atoms with van der Waals surface area (Å²) in [5, 5.41) is 0. The number of nitrogens with two attached hydrogens (primary N) is 2. The molecular weight excluding hydrogens is 234 g/mol. The van der Waals surface area contributed by atoms with Crippen LogP contribution in [0, 0.1) is 0 Å². The number of primary amides is 1. The molecule has 0 fully saturated rings. The van der Waals surface area contributed by atoms with Gasteiger partial charge in [0.25, 0.3) is 5.91 Å². The summed E-state index contributed by atoms with van der Waals surface area (Å²) >= 11 is 0. The maximum atomic E-state index is 12.2. The van der Waals surface area contributed by atoms with Gasteiger partial charge in [0.05, 0.1) is 13.2 Å². The Bertz CT molecular complexity index is 460. The predicted molar refractivity (Wildman–Crippen MR) is 68.2 cm³/mol. The van der Waals surface area contributed by atoms with E-state index in [4.69, 9.17) is 16.2 Å². The van der Waals surface area contributed by atoms with Crippen LogP contribution in [0.15, 0.2) is 18.2 Å². The second-order valence-corrected chi connectivity index (χ2v) is 3.78. The number of hydrogen-bond acceptors (Lipinski definition) is 4. The molecule has 0 unspecified atom stereocenters. The lowest BCUT2D eigenvalue weighted by Gasteiger charge is -2.18. The summed E-state index contributed by atoms with van der Waals surface area (Å²) < 4.78 is 5.35. The first-order valence-corrected chi connectivity index (χ1v) is 5.52. The van der Waals surface area contributed by atoms with Gasteiger partial charge in [0.1, 0.15) is 11.3 Å². The Morgan fingerprint density at radius 1 is 1.39 bits per heavy atom. The van der Waals surface area contributed by atoms with Gasteiger partial charge in [-0.25, -0.2) is 0 Å². The lowest BCUT2D eigenvalue weighted by atomic mass is 10.1. The average molecular weight is 251 g/mol. The SMILES string of the molecule is CCOc1cccc(N)c1C(=O)N(C)CC(N)=O. The minimum Gasteiger partial charge on any atom is -0.493 e. The first-order chi connectivity index (χ1) is 8.47. The number of hydrogen-bond donors (Lipinski definition) is 2. The van der Waals surface area contributed by atoms with Crippen molar-refractivity contribution < 1.29 is 14.3 Å². The number of likely N-dealkylation sites (N-methyl/N-ethyl adjacent to an activating group) is 1. The molecule has 0 radical (unpaired) electrons.